The number of nitrogens with one attached hydrogen (secondary N) is 1. The highest BCUT2D eigenvalue weighted by Crippen LogP contribution is 2.34. The molecule has 0 aliphatic carbocycles. The molecule has 0 saturated carbocycles. The van der Waals surface area contributed by atoms with Gasteiger partial charge in [0.25, 0.3) is 17.1 Å². The van der Waals surface area contributed by atoms with Crippen LogP contribution in [0.2, 0.25) is 5.02 Å². The van der Waals surface area contributed by atoms with Gasteiger partial charge in [-0.05, 0) is 60.2 Å². The minimum atomic E-state index is -0.550. The van der Waals surface area contributed by atoms with Gasteiger partial charge in [0.15, 0.2) is 6.61 Å². The van der Waals surface area contributed by atoms with Crippen molar-refractivity contribution < 1.29 is 23.5 Å². The van der Waals surface area contributed by atoms with Crippen molar-refractivity contribution in [3.63, 3.8) is 0 Å². The number of benzene rings is 3. The van der Waals surface area contributed by atoms with Gasteiger partial charge in [-0.25, -0.2) is 4.39 Å². The molecule has 3 aromatic rings. The lowest BCUT2D eigenvalue weighted by Gasteiger charge is -2.12. The zero-order chi connectivity index (χ0) is 24.9. The molecule has 0 radical (unpaired) electrons. The lowest BCUT2D eigenvalue weighted by atomic mass is 10.1. The average Bonchev–Trinajstić information content (AvgIpc) is 3.08. The summed E-state index contributed by atoms with van der Waals surface area (Å²) in [4.78, 5) is 38.7. The van der Waals surface area contributed by atoms with Crippen LogP contribution < -0.4 is 10.1 Å². The van der Waals surface area contributed by atoms with Gasteiger partial charge in [-0.2, -0.15) is 0 Å². The summed E-state index contributed by atoms with van der Waals surface area (Å²) in [6, 6.07) is 18.2. The number of carbonyl (C=O) groups excluding carboxylic acids is 3. The van der Waals surface area contributed by atoms with E-state index in [-0.39, 0.29) is 45.7 Å². The summed E-state index contributed by atoms with van der Waals surface area (Å²) < 4.78 is 19.1. The van der Waals surface area contributed by atoms with Crippen LogP contribution in [0.15, 0.2) is 71.6 Å². The molecule has 1 aliphatic rings. The maximum atomic E-state index is 13.7. The van der Waals surface area contributed by atoms with Crippen LogP contribution >= 0.6 is 23.4 Å². The Labute approximate surface area is 210 Å². The number of para-hydroxylation sites is 1. The van der Waals surface area contributed by atoms with Crippen molar-refractivity contribution >= 4 is 52.2 Å². The first kappa shape index (κ1) is 24.5. The third-order valence-electron chi connectivity index (χ3n) is 5.10. The first-order valence-corrected chi connectivity index (χ1v) is 11.8. The van der Waals surface area contributed by atoms with Gasteiger partial charge < -0.3 is 10.1 Å². The summed E-state index contributed by atoms with van der Waals surface area (Å²) in [5, 5.41) is 2.30. The first-order valence-electron chi connectivity index (χ1n) is 10.6. The van der Waals surface area contributed by atoms with Crippen LogP contribution in [-0.4, -0.2) is 28.6 Å². The molecule has 3 amide bonds. The van der Waals surface area contributed by atoms with Crippen LogP contribution in [0.5, 0.6) is 5.75 Å². The second kappa shape index (κ2) is 10.8. The molecule has 1 saturated heterocycles. The maximum Gasteiger partial charge on any atom is 0.293 e. The average molecular weight is 511 g/mol. The van der Waals surface area contributed by atoms with E-state index in [1.54, 1.807) is 30.3 Å². The highest BCUT2D eigenvalue weighted by Gasteiger charge is 2.35. The molecule has 1 aliphatic heterocycles. The van der Waals surface area contributed by atoms with E-state index in [0.717, 1.165) is 22.9 Å². The van der Waals surface area contributed by atoms with E-state index in [1.165, 1.54) is 23.1 Å². The van der Waals surface area contributed by atoms with Crippen molar-refractivity contribution in [2.45, 2.75) is 13.5 Å². The predicted molar refractivity (Wildman–Crippen MR) is 135 cm³/mol. The molecule has 0 aromatic heterocycles. The number of rotatable bonds is 7. The smallest absolute Gasteiger partial charge is 0.293 e. The fourth-order valence-corrected chi connectivity index (χ4v) is 4.36. The lowest BCUT2D eigenvalue weighted by Crippen LogP contribution is -2.27. The molecular weight excluding hydrogens is 491 g/mol. The summed E-state index contributed by atoms with van der Waals surface area (Å²) in [5.74, 6) is -1.22. The Hall–Kier alpha value is -3.62. The largest absolute Gasteiger partial charge is 0.482 e. The van der Waals surface area contributed by atoms with Gasteiger partial charge in [0.2, 0.25) is 0 Å². The second-order valence-corrected chi connectivity index (χ2v) is 9.16. The quantitative estimate of drug-likeness (QED) is 0.392. The molecular formula is C26H20ClFN2O4S. The molecule has 178 valence electrons. The topological polar surface area (TPSA) is 75.7 Å². The third kappa shape index (κ3) is 6.09. The SMILES string of the molecule is Cc1ccc(CN2C(=O)S/C(=C\c3ccc(OCC(=O)Nc4ccccc4F)c(Cl)c3)C2=O)cc1. The molecule has 1 fully saturated rings. The van der Waals surface area contributed by atoms with Crippen molar-refractivity contribution in [1.29, 1.82) is 0 Å². The monoisotopic (exact) mass is 510 g/mol. The summed E-state index contributed by atoms with van der Waals surface area (Å²) >= 11 is 7.15. The van der Waals surface area contributed by atoms with Gasteiger partial charge in [-0.3, -0.25) is 19.3 Å². The summed E-state index contributed by atoms with van der Waals surface area (Å²) in [6.45, 7) is 1.80. The van der Waals surface area contributed by atoms with Crippen LogP contribution in [-0.2, 0) is 16.1 Å². The van der Waals surface area contributed by atoms with Crippen LogP contribution in [0, 0.1) is 12.7 Å². The number of hydrogen-bond acceptors (Lipinski definition) is 5. The Morgan fingerprint density at radius 3 is 2.57 bits per heavy atom. The molecule has 0 bridgehead atoms. The molecule has 4 rings (SSSR count). The zero-order valence-electron chi connectivity index (χ0n) is 18.6. The zero-order valence-corrected chi connectivity index (χ0v) is 20.2. The van der Waals surface area contributed by atoms with Gasteiger partial charge in [0.05, 0.1) is 22.2 Å². The Morgan fingerprint density at radius 2 is 1.86 bits per heavy atom. The number of nitrogens with zero attached hydrogens (tertiary/aromatic N) is 1. The normalized spacial score (nSPS) is 14.5. The highest BCUT2D eigenvalue weighted by atomic mass is 35.5. The Kier molecular flexibility index (Phi) is 7.53. The van der Waals surface area contributed by atoms with Crippen molar-refractivity contribution in [2.24, 2.45) is 0 Å². The molecule has 9 heteroatoms. The third-order valence-corrected chi connectivity index (χ3v) is 6.30. The molecule has 1 N–H and O–H groups in total. The Bertz CT molecular complexity index is 1330. The minimum absolute atomic E-state index is 0.0545. The van der Waals surface area contributed by atoms with E-state index < -0.39 is 11.7 Å². The van der Waals surface area contributed by atoms with E-state index >= 15 is 0 Å². The van der Waals surface area contributed by atoms with Crippen LogP contribution in [0.3, 0.4) is 0 Å². The Balaban J connectivity index is 1.39. The second-order valence-electron chi connectivity index (χ2n) is 7.76. The standard InChI is InChI=1S/C26H20ClFN2O4S/c1-16-6-8-17(9-7-16)14-30-25(32)23(35-26(30)33)13-18-10-11-22(19(27)12-18)34-15-24(31)29-21-5-3-2-4-20(21)28/h2-13H,14-15H2,1H3,(H,29,31)/b23-13-. The van der Waals surface area contributed by atoms with Crippen LogP contribution in [0.25, 0.3) is 6.08 Å². The van der Waals surface area contributed by atoms with Crippen molar-refractivity contribution in [1.82, 2.24) is 4.90 Å². The number of thioether (sulfide) groups is 1. The van der Waals surface area contributed by atoms with Crippen molar-refractivity contribution in [3.8, 4) is 5.75 Å². The number of amides is 3. The molecule has 0 atom stereocenters. The highest BCUT2D eigenvalue weighted by molar-refractivity contribution is 8.18. The van der Waals surface area contributed by atoms with E-state index in [0.29, 0.717) is 5.56 Å². The van der Waals surface area contributed by atoms with Gasteiger partial charge in [-0.15, -0.1) is 0 Å². The van der Waals surface area contributed by atoms with E-state index in [4.69, 9.17) is 16.3 Å². The number of aryl methyl sites for hydroxylation is 1. The maximum absolute atomic E-state index is 13.7. The molecule has 3 aromatic carbocycles. The van der Waals surface area contributed by atoms with Gasteiger partial charge >= 0.3 is 0 Å². The van der Waals surface area contributed by atoms with E-state index in [9.17, 15) is 18.8 Å². The van der Waals surface area contributed by atoms with E-state index in [2.05, 4.69) is 5.32 Å². The Morgan fingerprint density at radius 1 is 1.11 bits per heavy atom. The van der Waals surface area contributed by atoms with Gasteiger partial charge in [0, 0.05) is 0 Å². The first-order chi connectivity index (χ1) is 16.8. The van der Waals surface area contributed by atoms with E-state index in [1.807, 2.05) is 31.2 Å². The number of imide groups is 1. The number of halogens is 2. The van der Waals surface area contributed by atoms with Crippen LogP contribution in [0.1, 0.15) is 16.7 Å². The van der Waals surface area contributed by atoms with Crippen LogP contribution in [0.4, 0.5) is 14.9 Å². The van der Waals surface area contributed by atoms with Gasteiger partial charge in [0.1, 0.15) is 11.6 Å². The van der Waals surface area contributed by atoms with Crippen molar-refractivity contribution in [3.05, 3.63) is 99.2 Å². The molecule has 35 heavy (non-hydrogen) atoms. The number of anilines is 1. The summed E-state index contributed by atoms with van der Waals surface area (Å²) in [6.07, 6.45) is 1.58. The van der Waals surface area contributed by atoms with Crippen molar-refractivity contribution in [2.75, 3.05) is 11.9 Å². The number of ether oxygens (including phenoxy) is 1. The minimum Gasteiger partial charge on any atom is -0.482 e. The molecule has 6 nitrogen and oxygen atoms in total. The summed E-state index contributed by atoms with van der Waals surface area (Å²) in [7, 11) is 0. The molecule has 0 unspecified atom stereocenters. The fraction of sp³-hybridized carbons (Fsp3) is 0.115. The number of hydrogen-bond donors (Lipinski definition) is 1. The predicted octanol–water partition coefficient (Wildman–Crippen LogP) is 6.04. The molecule has 0 spiro atoms. The lowest BCUT2D eigenvalue weighted by molar-refractivity contribution is -0.123. The number of carbonyl (C=O) groups is 3. The fourth-order valence-electron chi connectivity index (χ4n) is 3.28. The van der Waals surface area contributed by atoms with Gasteiger partial charge in [-0.1, -0.05) is 59.6 Å². The summed E-state index contributed by atoms with van der Waals surface area (Å²) in [5.41, 5.74) is 2.61. The molecule has 1 heterocycles.